The van der Waals surface area contributed by atoms with Gasteiger partial charge in [0.1, 0.15) is 17.9 Å². The largest absolute Gasteiger partial charge is 0.573 e. The molecule has 0 aliphatic carbocycles. The standard InChI is InChI=1S/C21H21F3N6O2/c1-13-7-14(2)30(28-13)19-8-18(26-12-27-19)29-10-16(11-29)20(31)25-9-15-5-3-4-6-17(15)32-21(22,23)24/h3-8,12,16H,9-11H2,1-2H3,(H,25,31). The number of halogens is 3. The lowest BCUT2D eigenvalue weighted by molar-refractivity contribution is -0.274. The molecule has 3 aromatic rings. The number of alkyl halides is 3. The summed E-state index contributed by atoms with van der Waals surface area (Å²) in [4.78, 5) is 22.9. The van der Waals surface area contributed by atoms with Crippen molar-refractivity contribution in [3.05, 3.63) is 59.7 Å². The van der Waals surface area contributed by atoms with Gasteiger partial charge in [-0.15, -0.1) is 13.2 Å². The highest BCUT2D eigenvalue weighted by molar-refractivity contribution is 5.81. The summed E-state index contributed by atoms with van der Waals surface area (Å²) in [5.41, 5.74) is 2.08. The summed E-state index contributed by atoms with van der Waals surface area (Å²) >= 11 is 0. The van der Waals surface area contributed by atoms with Gasteiger partial charge in [-0.25, -0.2) is 14.6 Å². The number of amides is 1. The van der Waals surface area contributed by atoms with Crippen LogP contribution in [0, 0.1) is 19.8 Å². The van der Waals surface area contributed by atoms with E-state index in [1.165, 1.54) is 24.5 Å². The molecule has 32 heavy (non-hydrogen) atoms. The van der Waals surface area contributed by atoms with Gasteiger partial charge in [0.05, 0.1) is 11.6 Å². The number of benzene rings is 1. The maximum Gasteiger partial charge on any atom is 0.573 e. The Morgan fingerprint density at radius 1 is 1.16 bits per heavy atom. The molecule has 4 rings (SSSR count). The van der Waals surface area contributed by atoms with Crippen LogP contribution in [0.15, 0.2) is 42.7 Å². The number of nitrogens with one attached hydrogen (secondary N) is 1. The minimum atomic E-state index is -4.79. The maximum atomic E-state index is 12.5. The van der Waals surface area contributed by atoms with Gasteiger partial charge < -0.3 is 15.0 Å². The number of anilines is 1. The van der Waals surface area contributed by atoms with Gasteiger partial charge in [-0.1, -0.05) is 18.2 Å². The smallest absolute Gasteiger partial charge is 0.405 e. The first kappa shape index (κ1) is 21.6. The van der Waals surface area contributed by atoms with Crippen molar-refractivity contribution in [2.24, 2.45) is 5.92 Å². The van der Waals surface area contributed by atoms with Gasteiger partial charge in [0.25, 0.3) is 0 Å². The fourth-order valence-electron chi connectivity index (χ4n) is 3.52. The summed E-state index contributed by atoms with van der Waals surface area (Å²) in [5, 5.41) is 7.10. The van der Waals surface area contributed by atoms with Crippen molar-refractivity contribution in [1.29, 1.82) is 0 Å². The first-order valence-electron chi connectivity index (χ1n) is 9.91. The lowest BCUT2D eigenvalue weighted by atomic mass is 9.99. The van der Waals surface area contributed by atoms with Crippen molar-refractivity contribution in [2.45, 2.75) is 26.8 Å². The van der Waals surface area contributed by atoms with E-state index >= 15 is 0 Å². The number of hydrogen-bond donors (Lipinski definition) is 1. The van der Waals surface area contributed by atoms with Gasteiger partial charge in [0, 0.05) is 37.0 Å². The van der Waals surface area contributed by atoms with E-state index in [9.17, 15) is 18.0 Å². The second-order valence-electron chi connectivity index (χ2n) is 7.55. The summed E-state index contributed by atoms with van der Waals surface area (Å²) < 4.78 is 43.4. The van der Waals surface area contributed by atoms with Gasteiger partial charge in [-0.05, 0) is 26.0 Å². The average Bonchev–Trinajstić information content (AvgIpc) is 3.03. The van der Waals surface area contributed by atoms with Crippen LogP contribution in [0.2, 0.25) is 0 Å². The molecule has 168 valence electrons. The average molecular weight is 446 g/mol. The molecule has 0 spiro atoms. The van der Waals surface area contributed by atoms with Crippen LogP contribution >= 0.6 is 0 Å². The van der Waals surface area contributed by atoms with E-state index in [4.69, 9.17) is 0 Å². The molecule has 1 aliphatic rings. The highest BCUT2D eigenvalue weighted by Crippen LogP contribution is 2.27. The lowest BCUT2D eigenvalue weighted by Crippen LogP contribution is -2.54. The molecule has 1 fully saturated rings. The van der Waals surface area contributed by atoms with E-state index in [0.29, 0.717) is 24.7 Å². The van der Waals surface area contributed by atoms with Crippen LogP contribution in [-0.4, -0.2) is 45.1 Å². The topological polar surface area (TPSA) is 85.2 Å². The molecule has 1 amide bonds. The third kappa shape index (κ3) is 4.82. The molecule has 0 bridgehead atoms. The zero-order valence-corrected chi connectivity index (χ0v) is 17.4. The Morgan fingerprint density at radius 2 is 1.88 bits per heavy atom. The second kappa shape index (κ2) is 8.48. The number of hydrogen-bond acceptors (Lipinski definition) is 6. The van der Waals surface area contributed by atoms with Gasteiger partial charge in [-0.3, -0.25) is 4.79 Å². The molecule has 1 saturated heterocycles. The Morgan fingerprint density at radius 3 is 2.56 bits per heavy atom. The van der Waals surface area contributed by atoms with Crippen molar-refractivity contribution < 1.29 is 22.7 Å². The fourth-order valence-corrected chi connectivity index (χ4v) is 3.52. The number of aryl methyl sites for hydroxylation is 2. The van der Waals surface area contributed by atoms with Crippen LogP contribution in [0.25, 0.3) is 5.82 Å². The van der Waals surface area contributed by atoms with E-state index in [1.807, 2.05) is 24.8 Å². The third-order valence-electron chi connectivity index (χ3n) is 5.09. The summed E-state index contributed by atoms with van der Waals surface area (Å²) in [5.74, 6) is 0.451. The Hall–Kier alpha value is -3.63. The van der Waals surface area contributed by atoms with Crippen LogP contribution < -0.4 is 15.0 Å². The molecule has 1 aromatic carbocycles. The Balaban J connectivity index is 1.34. The van der Waals surface area contributed by atoms with E-state index < -0.39 is 6.36 Å². The summed E-state index contributed by atoms with van der Waals surface area (Å²) in [6.07, 6.45) is -3.34. The lowest BCUT2D eigenvalue weighted by Gasteiger charge is -2.39. The number of aromatic nitrogens is 4. The minimum absolute atomic E-state index is 0.0584. The molecular formula is C21H21F3N6O2. The number of carbonyl (C=O) groups is 1. The maximum absolute atomic E-state index is 12.5. The van der Waals surface area contributed by atoms with Crippen molar-refractivity contribution in [2.75, 3.05) is 18.0 Å². The predicted octanol–water partition coefficient (Wildman–Crippen LogP) is 2.93. The predicted molar refractivity (Wildman–Crippen MR) is 109 cm³/mol. The van der Waals surface area contributed by atoms with Gasteiger partial charge >= 0.3 is 6.36 Å². The molecule has 1 aliphatic heterocycles. The van der Waals surface area contributed by atoms with Gasteiger partial charge in [-0.2, -0.15) is 5.10 Å². The van der Waals surface area contributed by atoms with Crippen molar-refractivity contribution in [3.63, 3.8) is 0 Å². The van der Waals surface area contributed by atoms with E-state index in [-0.39, 0.29) is 29.7 Å². The number of para-hydroxylation sites is 1. The molecule has 0 saturated carbocycles. The van der Waals surface area contributed by atoms with Crippen LogP contribution in [0.4, 0.5) is 19.0 Å². The normalized spacial score (nSPS) is 14.2. The van der Waals surface area contributed by atoms with Crippen molar-refractivity contribution in [3.8, 4) is 11.6 Å². The van der Waals surface area contributed by atoms with Crippen LogP contribution in [0.5, 0.6) is 5.75 Å². The monoisotopic (exact) mass is 446 g/mol. The Labute approximate surface area is 182 Å². The number of nitrogens with zero attached hydrogens (tertiary/aromatic N) is 5. The molecule has 0 atom stereocenters. The number of ether oxygens (including phenoxy) is 1. The number of rotatable bonds is 6. The van der Waals surface area contributed by atoms with Gasteiger partial charge in [0.15, 0.2) is 5.82 Å². The SMILES string of the molecule is Cc1cc(C)n(-c2cc(N3CC(C(=O)NCc4ccccc4OC(F)(F)F)C3)ncn2)n1. The molecule has 11 heteroatoms. The van der Waals surface area contributed by atoms with Crippen molar-refractivity contribution >= 4 is 11.7 Å². The Bertz CT molecular complexity index is 1120. The first-order chi connectivity index (χ1) is 15.2. The Kier molecular flexibility index (Phi) is 5.72. The van der Waals surface area contributed by atoms with Crippen LogP contribution in [0.3, 0.4) is 0 Å². The number of carbonyl (C=O) groups excluding carboxylic acids is 1. The van der Waals surface area contributed by atoms with E-state index in [0.717, 1.165) is 11.4 Å². The van der Waals surface area contributed by atoms with Crippen molar-refractivity contribution in [1.82, 2.24) is 25.1 Å². The fraction of sp³-hybridized carbons (Fsp3) is 0.333. The highest BCUT2D eigenvalue weighted by atomic mass is 19.4. The molecule has 2 aromatic heterocycles. The minimum Gasteiger partial charge on any atom is -0.405 e. The molecule has 8 nitrogen and oxygen atoms in total. The van der Waals surface area contributed by atoms with E-state index in [1.54, 1.807) is 16.8 Å². The first-order valence-corrected chi connectivity index (χ1v) is 9.91. The van der Waals surface area contributed by atoms with Crippen LogP contribution in [-0.2, 0) is 11.3 Å². The molecule has 0 unspecified atom stereocenters. The molecule has 0 radical (unpaired) electrons. The zero-order chi connectivity index (χ0) is 22.9. The summed E-state index contributed by atoms with van der Waals surface area (Å²) in [6, 6.07) is 9.48. The van der Waals surface area contributed by atoms with Gasteiger partial charge in [0.2, 0.25) is 5.91 Å². The third-order valence-corrected chi connectivity index (χ3v) is 5.09. The van der Waals surface area contributed by atoms with Crippen LogP contribution in [0.1, 0.15) is 17.0 Å². The molecular weight excluding hydrogens is 425 g/mol. The molecule has 1 N–H and O–H groups in total. The van der Waals surface area contributed by atoms with E-state index in [2.05, 4.69) is 25.1 Å². The molecule has 3 heterocycles. The summed E-state index contributed by atoms with van der Waals surface area (Å²) in [6.45, 7) is 4.67. The zero-order valence-electron chi connectivity index (χ0n) is 17.4. The second-order valence-corrected chi connectivity index (χ2v) is 7.55. The quantitative estimate of drug-likeness (QED) is 0.627. The highest BCUT2D eigenvalue weighted by Gasteiger charge is 2.34. The summed E-state index contributed by atoms with van der Waals surface area (Å²) in [7, 11) is 0.